The first-order chi connectivity index (χ1) is 9.06. The van der Waals surface area contributed by atoms with Crippen LogP contribution in [-0.2, 0) is 0 Å². The van der Waals surface area contributed by atoms with Gasteiger partial charge in [-0.1, -0.05) is 42.1 Å². The van der Waals surface area contributed by atoms with Gasteiger partial charge in [0.05, 0.1) is 5.25 Å². The second-order valence-corrected chi connectivity index (χ2v) is 5.41. The molecular weight excluding hydrogens is 260 g/mol. The molecule has 5 nitrogen and oxygen atoms in total. The molecule has 0 fully saturated rings. The number of benzene rings is 1. The molecule has 1 aromatic carbocycles. The van der Waals surface area contributed by atoms with E-state index in [-0.39, 0.29) is 22.7 Å². The Morgan fingerprint density at radius 2 is 2.00 bits per heavy atom. The maximum atomic E-state index is 11.4. The van der Waals surface area contributed by atoms with Crippen LogP contribution in [0.3, 0.4) is 0 Å². The van der Waals surface area contributed by atoms with Gasteiger partial charge in [-0.3, -0.25) is 4.79 Å². The molecule has 1 heterocycles. The number of aromatic amines is 1. The number of H-pyrrole nitrogens is 1. The maximum Gasteiger partial charge on any atom is 0.253 e. The fourth-order valence-corrected chi connectivity index (χ4v) is 2.82. The highest BCUT2D eigenvalue weighted by Crippen LogP contribution is 2.34. The SMILES string of the molecule is CC(N)C(Sc1nc(N)cc(=O)[nH]1)c1ccccc1. The van der Waals surface area contributed by atoms with Gasteiger partial charge >= 0.3 is 0 Å². The lowest BCUT2D eigenvalue weighted by atomic mass is 10.1. The molecule has 0 saturated carbocycles. The van der Waals surface area contributed by atoms with Gasteiger partial charge in [0.25, 0.3) is 5.56 Å². The van der Waals surface area contributed by atoms with Crippen LogP contribution in [0.1, 0.15) is 17.7 Å². The number of thioether (sulfide) groups is 1. The summed E-state index contributed by atoms with van der Waals surface area (Å²) in [4.78, 5) is 18.2. The van der Waals surface area contributed by atoms with Crippen molar-refractivity contribution in [1.29, 1.82) is 0 Å². The summed E-state index contributed by atoms with van der Waals surface area (Å²) in [6, 6.07) is 11.1. The maximum absolute atomic E-state index is 11.4. The van der Waals surface area contributed by atoms with Gasteiger partial charge in [-0.2, -0.15) is 0 Å². The van der Waals surface area contributed by atoms with E-state index in [9.17, 15) is 4.79 Å². The number of nitrogens with one attached hydrogen (secondary N) is 1. The highest BCUT2D eigenvalue weighted by molar-refractivity contribution is 7.99. The zero-order valence-corrected chi connectivity index (χ0v) is 11.4. The molecule has 0 bridgehead atoms. The van der Waals surface area contributed by atoms with Crippen LogP contribution in [0.15, 0.2) is 46.3 Å². The molecule has 0 aliphatic rings. The second kappa shape index (κ2) is 5.90. The number of nitrogens with two attached hydrogens (primary N) is 2. The minimum absolute atomic E-state index is 0.00569. The summed E-state index contributed by atoms with van der Waals surface area (Å²) in [5.74, 6) is 0.211. The van der Waals surface area contributed by atoms with E-state index in [1.807, 2.05) is 37.3 Å². The summed E-state index contributed by atoms with van der Waals surface area (Å²) in [5, 5.41) is 0.488. The van der Waals surface area contributed by atoms with Gasteiger partial charge in [-0.15, -0.1) is 0 Å². The van der Waals surface area contributed by atoms with Gasteiger partial charge in [-0.05, 0) is 12.5 Å². The smallest absolute Gasteiger partial charge is 0.253 e. The molecule has 0 aliphatic carbocycles. The van der Waals surface area contributed by atoms with Crippen molar-refractivity contribution in [3.8, 4) is 0 Å². The van der Waals surface area contributed by atoms with Crippen LogP contribution in [0.25, 0.3) is 0 Å². The molecule has 0 amide bonds. The molecule has 0 saturated heterocycles. The molecule has 0 spiro atoms. The van der Waals surface area contributed by atoms with Gasteiger partial charge in [0.2, 0.25) is 0 Å². The molecule has 5 N–H and O–H groups in total. The van der Waals surface area contributed by atoms with Crippen LogP contribution in [0.2, 0.25) is 0 Å². The third kappa shape index (κ3) is 3.59. The van der Waals surface area contributed by atoms with E-state index in [4.69, 9.17) is 11.5 Å². The van der Waals surface area contributed by atoms with Crippen LogP contribution in [0.5, 0.6) is 0 Å². The normalized spacial score (nSPS) is 14.0. The van der Waals surface area contributed by atoms with E-state index in [2.05, 4.69) is 9.97 Å². The Bertz CT molecular complexity index is 597. The first-order valence-electron chi connectivity index (χ1n) is 5.90. The Hall–Kier alpha value is -1.79. The van der Waals surface area contributed by atoms with E-state index in [1.165, 1.54) is 17.8 Å². The van der Waals surface area contributed by atoms with Crippen LogP contribution in [-0.4, -0.2) is 16.0 Å². The molecule has 2 atom stereocenters. The van der Waals surface area contributed by atoms with Crippen LogP contribution in [0, 0.1) is 0 Å². The Balaban J connectivity index is 2.29. The Labute approximate surface area is 115 Å². The van der Waals surface area contributed by atoms with Crippen molar-refractivity contribution < 1.29 is 0 Å². The number of anilines is 1. The summed E-state index contributed by atoms with van der Waals surface area (Å²) >= 11 is 1.41. The van der Waals surface area contributed by atoms with E-state index in [0.29, 0.717) is 5.16 Å². The lowest BCUT2D eigenvalue weighted by Crippen LogP contribution is -2.23. The average molecular weight is 276 g/mol. The average Bonchev–Trinajstić information content (AvgIpc) is 2.35. The summed E-state index contributed by atoms with van der Waals surface area (Å²) in [7, 11) is 0. The van der Waals surface area contributed by atoms with Crippen molar-refractivity contribution in [2.75, 3.05) is 5.73 Å². The predicted octanol–water partition coefficient (Wildman–Crippen LogP) is 1.53. The van der Waals surface area contributed by atoms with E-state index in [0.717, 1.165) is 5.56 Å². The lowest BCUT2D eigenvalue weighted by molar-refractivity contribution is 0.717. The monoisotopic (exact) mass is 276 g/mol. The molecule has 19 heavy (non-hydrogen) atoms. The topological polar surface area (TPSA) is 97.8 Å². The second-order valence-electron chi connectivity index (χ2n) is 4.28. The van der Waals surface area contributed by atoms with E-state index >= 15 is 0 Å². The molecule has 1 aromatic heterocycles. The Morgan fingerprint density at radius 3 is 2.58 bits per heavy atom. The molecule has 6 heteroatoms. The van der Waals surface area contributed by atoms with Crippen molar-refractivity contribution in [3.05, 3.63) is 52.3 Å². The number of rotatable bonds is 4. The molecule has 2 rings (SSSR count). The van der Waals surface area contributed by atoms with Crippen molar-refractivity contribution in [2.24, 2.45) is 5.73 Å². The molecule has 0 radical (unpaired) electrons. The standard InChI is InChI=1S/C13H16N4OS/c1-8(14)12(9-5-3-2-4-6-9)19-13-16-10(15)7-11(18)17-13/h2-8,12H,14H2,1H3,(H3,15,16,17,18). The fraction of sp³-hybridized carbons (Fsp3) is 0.231. The first kappa shape index (κ1) is 13.6. The van der Waals surface area contributed by atoms with E-state index in [1.54, 1.807) is 0 Å². The molecule has 2 aromatic rings. The van der Waals surface area contributed by atoms with Gasteiger partial charge in [0.1, 0.15) is 5.82 Å². The lowest BCUT2D eigenvalue weighted by Gasteiger charge is -2.20. The van der Waals surface area contributed by atoms with E-state index < -0.39 is 0 Å². The fourth-order valence-electron chi connectivity index (χ4n) is 1.75. The first-order valence-corrected chi connectivity index (χ1v) is 6.78. The van der Waals surface area contributed by atoms with Crippen molar-refractivity contribution >= 4 is 17.6 Å². The summed E-state index contributed by atoms with van der Waals surface area (Å²) in [6.07, 6.45) is 0. The van der Waals surface area contributed by atoms with Crippen LogP contribution in [0.4, 0.5) is 5.82 Å². The third-order valence-corrected chi connectivity index (χ3v) is 3.96. The predicted molar refractivity (Wildman–Crippen MR) is 78.0 cm³/mol. The number of nitrogens with zero attached hydrogens (tertiary/aromatic N) is 1. The largest absolute Gasteiger partial charge is 0.383 e. The zero-order chi connectivity index (χ0) is 13.8. The van der Waals surface area contributed by atoms with Crippen molar-refractivity contribution in [2.45, 2.75) is 23.4 Å². The van der Waals surface area contributed by atoms with Gasteiger partial charge in [-0.25, -0.2) is 4.98 Å². The number of hydrogen-bond donors (Lipinski definition) is 3. The summed E-state index contributed by atoms with van der Waals surface area (Å²) < 4.78 is 0. The third-order valence-electron chi connectivity index (χ3n) is 2.58. The molecule has 0 aliphatic heterocycles. The van der Waals surface area contributed by atoms with Crippen LogP contribution < -0.4 is 17.0 Å². The van der Waals surface area contributed by atoms with Crippen molar-refractivity contribution in [3.63, 3.8) is 0 Å². The van der Waals surface area contributed by atoms with Crippen LogP contribution >= 0.6 is 11.8 Å². The quantitative estimate of drug-likeness (QED) is 0.581. The van der Waals surface area contributed by atoms with Gasteiger partial charge in [0, 0.05) is 12.1 Å². The van der Waals surface area contributed by atoms with Crippen molar-refractivity contribution in [1.82, 2.24) is 9.97 Å². The molecular formula is C13H16N4OS. The molecule has 2 unspecified atom stereocenters. The number of hydrogen-bond acceptors (Lipinski definition) is 5. The summed E-state index contributed by atoms with van der Waals surface area (Å²) in [6.45, 7) is 1.93. The number of nitrogen functional groups attached to an aromatic ring is 1. The highest BCUT2D eigenvalue weighted by Gasteiger charge is 2.18. The zero-order valence-electron chi connectivity index (χ0n) is 10.5. The van der Waals surface area contributed by atoms with Gasteiger partial charge in [0.15, 0.2) is 5.16 Å². The Kier molecular flexibility index (Phi) is 4.24. The Morgan fingerprint density at radius 1 is 1.32 bits per heavy atom. The highest BCUT2D eigenvalue weighted by atomic mass is 32.2. The van der Waals surface area contributed by atoms with Gasteiger partial charge < -0.3 is 16.5 Å². The molecule has 100 valence electrons. The minimum Gasteiger partial charge on any atom is -0.383 e. The minimum atomic E-state index is -0.258. The summed E-state index contributed by atoms with van der Waals surface area (Å²) in [5.41, 5.74) is 12.4. The number of aromatic nitrogens is 2.